The summed E-state index contributed by atoms with van der Waals surface area (Å²) in [5.41, 5.74) is 1.78. The molecular weight excluding hydrogens is 406 g/mol. The lowest BCUT2D eigenvalue weighted by Crippen LogP contribution is -2.49. The molecule has 8 heteroatoms. The lowest BCUT2D eigenvalue weighted by atomic mass is 10.3. The topological polar surface area (TPSA) is 71.9 Å². The molecule has 8 nitrogen and oxygen atoms in total. The van der Waals surface area contributed by atoms with E-state index in [4.69, 9.17) is 9.47 Å². The van der Waals surface area contributed by atoms with Gasteiger partial charge in [-0.1, -0.05) is 6.07 Å². The fourth-order valence-electron chi connectivity index (χ4n) is 3.80. The number of carbonyl (C=O) groups excluding carboxylic acids is 1. The van der Waals surface area contributed by atoms with Crippen LogP contribution in [0, 0.1) is 0 Å². The maximum Gasteiger partial charge on any atom is 0.238 e. The zero-order valence-corrected chi connectivity index (χ0v) is 18.5. The van der Waals surface area contributed by atoms with Gasteiger partial charge in [-0.3, -0.25) is 14.3 Å². The molecule has 1 fully saturated rings. The largest absolute Gasteiger partial charge is 0.497 e. The van der Waals surface area contributed by atoms with E-state index in [1.165, 1.54) is 0 Å². The first-order chi connectivity index (χ1) is 15.7. The lowest BCUT2D eigenvalue weighted by molar-refractivity contribution is -0.117. The minimum absolute atomic E-state index is 0.0134. The molecule has 0 aliphatic carbocycles. The van der Waals surface area contributed by atoms with Gasteiger partial charge in [0.05, 0.1) is 25.9 Å². The number of anilines is 2. The van der Waals surface area contributed by atoms with Crippen molar-refractivity contribution in [1.82, 2.24) is 14.5 Å². The minimum Gasteiger partial charge on any atom is -0.497 e. The second kappa shape index (κ2) is 10.2. The Balaban J connectivity index is 1.31. The normalized spacial score (nSPS) is 14.2. The van der Waals surface area contributed by atoms with Gasteiger partial charge in [-0.25, -0.2) is 4.98 Å². The van der Waals surface area contributed by atoms with Crippen molar-refractivity contribution in [1.29, 1.82) is 0 Å². The Labute approximate surface area is 188 Å². The molecule has 0 saturated carbocycles. The molecule has 4 rings (SSSR count). The summed E-state index contributed by atoms with van der Waals surface area (Å²) in [6.07, 6.45) is 3.77. The number of imidazole rings is 1. The molecule has 1 amide bonds. The van der Waals surface area contributed by atoms with Crippen molar-refractivity contribution < 1.29 is 14.3 Å². The lowest BCUT2D eigenvalue weighted by Gasteiger charge is -2.35. The molecule has 1 saturated heterocycles. The summed E-state index contributed by atoms with van der Waals surface area (Å²) >= 11 is 0. The van der Waals surface area contributed by atoms with Crippen molar-refractivity contribution in [3.05, 3.63) is 60.9 Å². The maximum atomic E-state index is 12.5. The van der Waals surface area contributed by atoms with Gasteiger partial charge in [0.15, 0.2) is 0 Å². The molecule has 0 spiro atoms. The quantitative estimate of drug-likeness (QED) is 0.587. The smallest absolute Gasteiger partial charge is 0.238 e. The van der Waals surface area contributed by atoms with Crippen LogP contribution in [0.1, 0.15) is 6.92 Å². The molecule has 0 atom stereocenters. The van der Waals surface area contributed by atoms with E-state index < -0.39 is 0 Å². The predicted molar refractivity (Wildman–Crippen MR) is 125 cm³/mol. The van der Waals surface area contributed by atoms with Crippen molar-refractivity contribution >= 4 is 17.5 Å². The van der Waals surface area contributed by atoms with Crippen LogP contribution in [0.15, 0.2) is 60.9 Å². The molecule has 1 aliphatic rings. The van der Waals surface area contributed by atoms with Crippen LogP contribution < -0.4 is 19.7 Å². The number of aromatic nitrogens is 2. The van der Waals surface area contributed by atoms with Crippen LogP contribution in [0.2, 0.25) is 0 Å². The van der Waals surface area contributed by atoms with Crippen LogP contribution >= 0.6 is 0 Å². The zero-order valence-electron chi connectivity index (χ0n) is 18.5. The van der Waals surface area contributed by atoms with Crippen molar-refractivity contribution in [2.24, 2.45) is 0 Å². The number of amides is 1. The highest BCUT2D eigenvalue weighted by molar-refractivity contribution is 5.92. The molecule has 1 aliphatic heterocycles. The van der Waals surface area contributed by atoms with Gasteiger partial charge in [-0.15, -0.1) is 0 Å². The predicted octanol–water partition coefficient (Wildman–Crippen LogP) is 3.04. The molecule has 32 heavy (non-hydrogen) atoms. The molecule has 2 heterocycles. The first-order valence-electron chi connectivity index (χ1n) is 10.8. The Bertz CT molecular complexity index is 1030. The van der Waals surface area contributed by atoms with Gasteiger partial charge >= 0.3 is 0 Å². The van der Waals surface area contributed by atoms with E-state index >= 15 is 0 Å². The summed E-state index contributed by atoms with van der Waals surface area (Å²) in [6.45, 7) is 6.13. The first-order valence-corrected chi connectivity index (χ1v) is 10.8. The van der Waals surface area contributed by atoms with Crippen LogP contribution in [0.4, 0.5) is 11.6 Å². The molecule has 0 radical (unpaired) electrons. The highest BCUT2D eigenvalue weighted by atomic mass is 16.5. The minimum atomic E-state index is -0.0134. The number of nitrogens with zero attached hydrogens (tertiary/aromatic N) is 4. The molecule has 0 unspecified atom stereocenters. The molecule has 1 N–H and O–H groups in total. The Morgan fingerprint density at radius 3 is 2.56 bits per heavy atom. The fourth-order valence-corrected chi connectivity index (χ4v) is 3.80. The Morgan fingerprint density at radius 1 is 1.06 bits per heavy atom. The highest BCUT2D eigenvalue weighted by Crippen LogP contribution is 2.23. The Kier molecular flexibility index (Phi) is 6.91. The summed E-state index contributed by atoms with van der Waals surface area (Å²) in [4.78, 5) is 21.5. The molecule has 2 aromatic carbocycles. The van der Waals surface area contributed by atoms with Crippen LogP contribution in [0.25, 0.3) is 5.69 Å². The van der Waals surface area contributed by atoms with E-state index in [2.05, 4.69) is 24.7 Å². The number of benzene rings is 2. The van der Waals surface area contributed by atoms with E-state index in [1.54, 1.807) is 7.11 Å². The first kappa shape index (κ1) is 21.7. The third kappa shape index (κ3) is 5.20. The summed E-state index contributed by atoms with van der Waals surface area (Å²) < 4.78 is 12.9. The average molecular weight is 436 g/mol. The van der Waals surface area contributed by atoms with Gasteiger partial charge in [0.25, 0.3) is 0 Å². The fraction of sp³-hybridized carbons (Fsp3) is 0.333. The second-order valence-corrected chi connectivity index (χ2v) is 7.57. The van der Waals surface area contributed by atoms with Crippen LogP contribution in [0.3, 0.4) is 0 Å². The van der Waals surface area contributed by atoms with Crippen molar-refractivity contribution in [3.8, 4) is 17.2 Å². The van der Waals surface area contributed by atoms with Crippen LogP contribution in [0.5, 0.6) is 11.5 Å². The highest BCUT2D eigenvalue weighted by Gasteiger charge is 2.22. The number of carbonyl (C=O) groups is 1. The van der Waals surface area contributed by atoms with Gasteiger partial charge in [-0.2, -0.15) is 0 Å². The van der Waals surface area contributed by atoms with Crippen molar-refractivity contribution in [3.63, 3.8) is 0 Å². The molecule has 0 bridgehead atoms. The van der Waals surface area contributed by atoms with E-state index in [-0.39, 0.29) is 5.91 Å². The third-order valence-corrected chi connectivity index (χ3v) is 5.42. The number of methoxy groups -OCH3 is 1. The summed E-state index contributed by atoms with van der Waals surface area (Å²) in [7, 11) is 1.67. The van der Waals surface area contributed by atoms with Gasteiger partial charge in [0.2, 0.25) is 11.9 Å². The molecule has 168 valence electrons. The zero-order chi connectivity index (χ0) is 22.3. The number of ether oxygens (including phenoxy) is 2. The second-order valence-electron chi connectivity index (χ2n) is 7.57. The van der Waals surface area contributed by atoms with Crippen molar-refractivity contribution in [2.75, 3.05) is 56.7 Å². The Hall–Kier alpha value is -3.52. The molecular formula is C24H29N5O3. The molecule has 3 aromatic rings. The number of rotatable bonds is 8. The third-order valence-electron chi connectivity index (χ3n) is 5.42. The van der Waals surface area contributed by atoms with Crippen LogP contribution in [-0.4, -0.2) is 66.8 Å². The standard InChI is InChI=1S/C24H29N5O3/c1-3-32-21-9-7-19(8-10-21)26-23(30)18-27-13-15-28(16-14-27)24-25-11-12-29(24)20-5-4-6-22(17-20)31-2/h4-12,17H,3,13-16,18H2,1-2H3,(H,26,30). The van der Waals surface area contributed by atoms with Crippen molar-refractivity contribution in [2.45, 2.75) is 6.92 Å². The van der Waals surface area contributed by atoms with E-state index in [1.807, 2.05) is 67.8 Å². The summed E-state index contributed by atoms with van der Waals surface area (Å²) in [6, 6.07) is 15.4. The Morgan fingerprint density at radius 2 is 1.84 bits per heavy atom. The SMILES string of the molecule is CCOc1ccc(NC(=O)CN2CCN(c3nccn3-c3cccc(OC)c3)CC2)cc1. The van der Waals surface area contributed by atoms with E-state index in [0.29, 0.717) is 13.2 Å². The maximum absolute atomic E-state index is 12.5. The van der Waals surface area contributed by atoms with Gasteiger partial charge in [0.1, 0.15) is 11.5 Å². The summed E-state index contributed by atoms with van der Waals surface area (Å²) in [5, 5.41) is 2.96. The van der Waals surface area contributed by atoms with Gasteiger partial charge < -0.3 is 19.7 Å². The van der Waals surface area contributed by atoms with Gasteiger partial charge in [0, 0.05) is 50.3 Å². The van der Waals surface area contributed by atoms with E-state index in [9.17, 15) is 4.79 Å². The van der Waals surface area contributed by atoms with Crippen LogP contribution in [-0.2, 0) is 4.79 Å². The summed E-state index contributed by atoms with van der Waals surface area (Å²) in [5.74, 6) is 2.50. The number of piperazine rings is 1. The van der Waals surface area contributed by atoms with Gasteiger partial charge in [-0.05, 0) is 43.3 Å². The molecule has 1 aromatic heterocycles. The number of hydrogen-bond acceptors (Lipinski definition) is 6. The monoisotopic (exact) mass is 435 g/mol. The number of nitrogens with one attached hydrogen (secondary N) is 1. The average Bonchev–Trinajstić information content (AvgIpc) is 3.31. The number of hydrogen-bond donors (Lipinski definition) is 1. The van der Waals surface area contributed by atoms with E-state index in [0.717, 1.165) is 55.0 Å².